The Balaban J connectivity index is 1.81. The predicted molar refractivity (Wildman–Crippen MR) is 108 cm³/mol. The fourth-order valence-corrected chi connectivity index (χ4v) is 3.16. The molecular weight excluding hydrogens is 466 g/mol. The molecule has 3 heterocycles. The van der Waals surface area contributed by atoms with Crippen LogP contribution in [-0.4, -0.2) is 30.6 Å². The third-order valence-electron chi connectivity index (χ3n) is 4.64. The number of aromatic nitrogens is 5. The van der Waals surface area contributed by atoms with Crippen LogP contribution in [0.15, 0.2) is 55.0 Å². The van der Waals surface area contributed by atoms with Gasteiger partial charge in [-0.25, -0.2) is 14.6 Å². The van der Waals surface area contributed by atoms with E-state index in [9.17, 15) is 31.1 Å². The molecule has 0 unspecified atom stereocenters. The summed E-state index contributed by atoms with van der Waals surface area (Å²) < 4.78 is 79.5. The van der Waals surface area contributed by atoms with Gasteiger partial charge in [-0.15, -0.1) is 5.10 Å². The van der Waals surface area contributed by atoms with E-state index < -0.39 is 41.0 Å². The van der Waals surface area contributed by atoms with Gasteiger partial charge in [0.2, 0.25) is 0 Å². The van der Waals surface area contributed by atoms with Gasteiger partial charge in [0, 0.05) is 23.3 Å². The van der Waals surface area contributed by atoms with Gasteiger partial charge < -0.3 is 5.73 Å². The zero-order chi connectivity index (χ0) is 24.7. The van der Waals surface area contributed by atoms with E-state index in [0.717, 1.165) is 17.2 Å². The second-order valence-electron chi connectivity index (χ2n) is 6.95. The van der Waals surface area contributed by atoms with Crippen LogP contribution in [0, 0.1) is 0 Å². The van der Waals surface area contributed by atoms with E-state index in [1.54, 1.807) is 36.5 Å². The Labute approximate surface area is 186 Å². The number of hydrogen-bond donors (Lipinski definition) is 1. The lowest BCUT2D eigenvalue weighted by molar-refractivity contribution is -0.150. The van der Waals surface area contributed by atoms with E-state index >= 15 is 0 Å². The van der Waals surface area contributed by atoms with Crippen LogP contribution in [0.4, 0.5) is 26.3 Å². The Kier molecular flexibility index (Phi) is 5.55. The van der Waals surface area contributed by atoms with Crippen molar-refractivity contribution in [2.24, 2.45) is 5.73 Å². The summed E-state index contributed by atoms with van der Waals surface area (Å²) >= 11 is 0. The molecule has 0 bridgehead atoms. The summed E-state index contributed by atoms with van der Waals surface area (Å²) in [6.07, 6.45) is -6.51. The lowest BCUT2D eigenvalue weighted by atomic mass is 10.0. The summed E-state index contributed by atoms with van der Waals surface area (Å²) in [7, 11) is 0. The van der Waals surface area contributed by atoms with Crippen LogP contribution in [0.2, 0.25) is 0 Å². The molecule has 0 spiro atoms. The first-order valence-electron chi connectivity index (χ1n) is 9.37. The Bertz CT molecular complexity index is 1390. The molecule has 0 saturated carbocycles. The van der Waals surface area contributed by atoms with Crippen molar-refractivity contribution in [2.45, 2.75) is 12.4 Å². The lowest BCUT2D eigenvalue weighted by Crippen LogP contribution is -2.15. The van der Waals surface area contributed by atoms with Crippen molar-refractivity contribution in [1.29, 1.82) is 0 Å². The molecule has 1 amide bonds. The molecular formula is C21H12F6N6O. The first-order valence-corrected chi connectivity index (χ1v) is 9.37. The van der Waals surface area contributed by atoms with E-state index in [1.165, 1.54) is 0 Å². The van der Waals surface area contributed by atoms with Crippen LogP contribution in [0.5, 0.6) is 0 Å². The number of hydrogen-bond acceptors (Lipinski definition) is 5. The average molecular weight is 478 g/mol. The van der Waals surface area contributed by atoms with Gasteiger partial charge in [0.05, 0.1) is 11.1 Å². The van der Waals surface area contributed by atoms with Crippen LogP contribution >= 0.6 is 0 Å². The molecule has 0 saturated heterocycles. The molecule has 0 aliphatic rings. The monoisotopic (exact) mass is 478 g/mol. The van der Waals surface area contributed by atoms with Crippen molar-refractivity contribution in [3.05, 3.63) is 71.9 Å². The number of carbonyl (C=O) groups is 1. The van der Waals surface area contributed by atoms with E-state index in [2.05, 4.69) is 20.1 Å². The summed E-state index contributed by atoms with van der Waals surface area (Å²) in [6, 6.07) is 9.13. The molecule has 174 valence electrons. The second-order valence-corrected chi connectivity index (χ2v) is 6.95. The van der Waals surface area contributed by atoms with Gasteiger partial charge in [0.25, 0.3) is 5.91 Å². The summed E-state index contributed by atoms with van der Waals surface area (Å²) in [4.78, 5) is 22.8. The van der Waals surface area contributed by atoms with Crippen molar-refractivity contribution in [1.82, 2.24) is 24.7 Å². The number of pyridine rings is 2. The summed E-state index contributed by atoms with van der Waals surface area (Å²) in [5.74, 6) is -1.30. The molecule has 7 nitrogen and oxygen atoms in total. The molecule has 0 radical (unpaired) electrons. The van der Waals surface area contributed by atoms with Crippen LogP contribution in [0.3, 0.4) is 0 Å². The summed E-state index contributed by atoms with van der Waals surface area (Å²) in [5, 5.41) is 4.49. The predicted octanol–water partition coefficient (Wildman–Crippen LogP) is 4.41. The third-order valence-corrected chi connectivity index (χ3v) is 4.64. The first-order chi connectivity index (χ1) is 15.9. The van der Waals surface area contributed by atoms with Crippen molar-refractivity contribution >= 4 is 28.6 Å². The van der Waals surface area contributed by atoms with Gasteiger partial charge in [0.15, 0.2) is 5.82 Å². The molecule has 13 heteroatoms. The molecule has 4 aromatic rings. The molecule has 0 atom stereocenters. The van der Waals surface area contributed by atoms with Gasteiger partial charge in [0.1, 0.15) is 17.7 Å². The molecule has 34 heavy (non-hydrogen) atoms. The molecule has 0 fully saturated rings. The van der Waals surface area contributed by atoms with Gasteiger partial charge in [-0.1, -0.05) is 18.2 Å². The van der Waals surface area contributed by atoms with Crippen LogP contribution < -0.4 is 5.73 Å². The number of halogens is 6. The maximum absolute atomic E-state index is 13.1. The maximum atomic E-state index is 13.1. The van der Waals surface area contributed by atoms with Crippen molar-refractivity contribution in [3.8, 4) is 11.4 Å². The number of primary amides is 1. The number of amides is 1. The highest BCUT2D eigenvalue weighted by Crippen LogP contribution is 2.35. The number of nitrogens with zero attached hydrogens (tertiary/aromatic N) is 5. The van der Waals surface area contributed by atoms with Crippen molar-refractivity contribution in [2.75, 3.05) is 0 Å². The molecule has 0 aliphatic heterocycles. The second kappa shape index (κ2) is 8.24. The zero-order valence-electron chi connectivity index (χ0n) is 16.8. The minimum absolute atomic E-state index is 0.0308. The number of nitrogens with two attached hydrogens (primary N) is 1. The minimum Gasteiger partial charge on any atom is -0.366 e. The average Bonchev–Trinajstić information content (AvgIpc) is 3.24. The Morgan fingerprint density at radius 2 is 1.62 bits per heavy atom. The fourth-order valence-electron chi connectivity index (χ4n) is 3.16. The largest absolute Gasteiger partial charge is 0.433 e. The number of fused-ring (bicyclic) bond motifs is 1. The van der Waals surface area contributed by atoms with Gasteiger partial charge >= 0.3 is 12.4 Å². The highest BCUT2D eigenvalue weighted by Gasteiger charge is 2.39. The van der Waals surface area contributed by atoms with E-state index in [4.69, 9.17) is 5.73 Å². The molecule has 2 N–H and O–H groups in total. The molecule has 3 aromatic heterocycles. The maximum Gasteiger partial charge on any atom is 0.433 e. The fraction of sp³-hybridized carbons (Fsp3) is 0.0952. The third kappa shape index (κ3) is 4.58. The van der Waals surface area contributed by atoms with E-state index in [1.807, 2.05) is 0 Å². The highest BCUT2D eigenvalue weighted by molar-refractivity contribution is 6.25. The number of benzene rings is 1. The first kappa shape index (κ1) is 22.9. The number of carbonyl (C=O) groups excluding carboxylic acids is 1. The van der Waals surface area contributed by atoms with Crippen LogP contribution in [0.1, 0.15) is 17.0 Å². The minimum atomic E-state index is -5.12. The summed E-state index contributed by atoms with van der Waals surface area (Å²) in [5.41, 5.74) is 2.41. The normalized spacial score (nSPS) is 12.8. The zero-order valence-corrected chi connectivity index (χ0v) is 16.8. The molecule has 4 rings (SSSR count). The van der Waals surface area contributed by atoms with Gasteiger partial charge in [-0.05, 0) is 29.8 Å². The topological polar surface area (TPSA) is 99.6 Å². The van der Waals surface area contributed by atoms with E-state index in [0.29, 0.717) is 28.6 Å². The smallest absolute Gasteiger partial charge is 0.366 e. The molecule has 1 aromatic carbocycles. The molecule has 0 aliphatic carbocycles. The Morgan fingerprint density at radius 1 is 0.941 bits per heavy atom. The van der Waals surface area contributed by atoms with Gasteiger partial charge in [-0.3, -0.25) is 9.78 Å². The standard InChI is InChI=1S/C21H12F6N6O/c22-20(23,24)16-7-11(8-17(31-16)21(25,26)27)19-30-10-33(32-19)9-14(18(28)34)12-3-1-5-15-13(12)4-2-6-29-15/h1-10H,(H2,28,34)/b14-9+. The Hall–Kier alpha value is -4.29. The number of alkyl halides is 6. The number of rotatable bonds is 4. The Morgan fingerprint density at radius 3 is 2.24 bits per heavy atom. The van der Waals surface area contributed by atoms with Gasteiger partial charge in [-0.2, -0.15) is 26.3 Å². The SMILES string of the molecule is NC(=O)/C(=C/n1cnc(-c2cc(C(F)(F)F)nc(C(F)(F)F)c2)n1)c1cccc2ncccc12. The highest BCUT2D eigenvalue weighted by atomic mass is 19.4. The van der Waals surface area contributed by atoms with Crippen LogP contribution in [-0.2, 0) is 17.1 Å². The lowest BCUT2D eigenvalue weighted by Gasteiger charge is -2.11. The van der Waals surface area contributed by atoms with E-state index in [-0.39, 0.29) is 5.57 Å². The summed E-state index contributed by atoms with van der Waals surface area (Å²) in [6.45, 7) is 0. The van der Waals surface area contributed by atoms with Crippen LogP contribution in [0.25, 0.3) is 34.1 Å². The quantitative estimate of drug-likeness (QED) is 0.346. The van der Waals surface area contributed by atoms with Crippen molar-refractivity contribution in [3.63, 3.8) is 0 Å². The van der Waals surface area contributed by atoms with Crippen molar-refractivity contribution < 1.29 is 31.1 Å².